The van der Waals surface area contributed by atoms with Crippen molar-refractivity contribution in [3.8, 4) is 11.1 Å². The topological polar surface area (TPSA) is 67.5 Å². The van der Waals surface area contributed by atoms with Gasteiger partial charge in [0.25, 0.3) is 0 Å². The third kappa shape index (κ3) is 3.31. The summed E-state index contributed by atoms with van der Waals surface area (Å²) in [5.41, 5.74) is 7.35. The summed E-state index contributed by atoms with van der Waals surface area (Å²) >= 11 is 0. The molecule has 3 aromatic rings. The summed E-state index contributed by atoms with van der Waals surface area (Å²) in [5, 5.41) is 8.18. The van der Waals surface area contributed by atoms with E-state index in [2.05, 4.69) is 34.7 Å². The van der Waals surface area contributed by atoms with Crippen molar-refractivity contribution in [3.05, 3.63) is 82.8 Å². The Morgan fingerprint density at radius 1 is 0.889 bits per heavy atom. The highest BCUT2D eigenvalue weighted by Gasteiger charge is 2.27. The first-order chi connectivity index (χ1) is 13.1. The molecule has 0 unspecified atom stereocenters. The molecule has 2 aromatic carbocycles. The standard InChI is InChI=1S/C18H16O.C5H4O3/c19-17-11-13-6-2-3-7-14(13)16-10-9-12-5-1-4-8-15(12)18(16)17;6-5(7)4-2-1-3-8-4/h2-3,6-7,9-10H,1,4-5,8,11H2;1-3H,(H,6,7). The molecule has 0 fully saturated rings. The SMILES string of the molecule is O=C(O)c1ccco1.O=C1Cc2ccccc2-c2ccc3c(c21)CCCC3. The summed E-state index contributed by atoms with van der Waals surface area (Å²) in [6.45, 7) is 0. The molecule has 0 spiro atoms. The first kappa shape index (κ1) is 17.3. The summed E-state index contributed by atoms with van der Waals surface area (Å²) in [7, 11) is 0. The second kappa shape index (κ2) is 7.23. The molecule has 1 N–H and O–H groups in total. The van der Waals surface area contributed by atoms with Gasteiger partial charge < -0.3 is 9.52 Å². The maximum atomic E-state index is 12.5. The Labute approximate surface area is 157 Å². The molecule has 4 heteroatoms. The van der Waals surface area contributed by atoms with Crippen molar-refractivity contribution in [1.82, 2.24) is 0 Å². The molecular weight excluding hydrogens is 340 g/mol. The number of hydrogen-bond donors (Lipinski definition) is 1. The van der Waals surface area contributed by atoms with E-state index in [-0.39, 0.29) is 5.76 Å². The molecule has 5 rings (SSSR count). The maximum absolute atomic E-state index is 12.5. The van der Waals surface area contributed by atoms with E-state index < -0.39 is 5.97 Å². The number of ketones is 1. The summed E-state index contributed by atoms with van der Waals surface area (Å²) in [4.78, 5) is 22.5. The summed E-state index contributed by atoms with van der Waals surface area (Å²) in [6.07, 6.45) is 6.59. The van der Waals surface area contributed by atoms with Crippen molar-refractivity contribution in [3.63, 3.8) is 0 Å². The normalized spacial score (nSPS) is 14.3. The van der Waals surface area contributed by atoms with Crippen LogP contribution in [0, 0.1) is 0 Å². The molecule has 136 valence electrons. The number of benzene rings is 2. The fraction of sp³-hybridized carbons (Fsp3) is 0.217. The number of carboxylic acids is 1. The molecule has 0 aliphatic heterocycles. The highest BCUT2D eigenvalue weighted by atomic mass is 16.4. The van der Waals surface area contributed by atoms with Gasteiger partial charge in [-0.05, 0) is 65.6 Å². The van der Waals surface area contributed by atoms with E-state index >= 15 is 0 Å². The first-order valence-corrected chi connectivity index (χ1v) is 9.18. The Bertz CT molecular complexity index is 999. The van der Waals surface area contributed by atoms with Crippen molar-refractivity contribution >= 4 is 11.8 Å². The third-order valence-corrected chi connectivity index (χ3v) is 5.20. The maximum Gasteiger partial charge on any atom is 0.371 e. The summed E-state index contributed by atoms with van der Waals surface area (Å²) < 4.78 is 4.50. The average molecular weight is 360 g/mol. The van der Waals surface area contributed by atoms with Gasteiger partial charge in [0.05, 0.1) is 6.26 Å². The number of fused-ring (bicyclic) bond motifs is 5. The predicted molar refractivity (Wildman–Crippen MR) is 102 cm³/mol. The largest absolute Gasteiger partial charge is 0.475 e. The smallest absolute Gasteiger partial charge is 0.371 e. The molecule has 27 heavy (non-hydrogen) atoms. The molecule has 0 bridgehead atoms. The number of hydrogen-bond acceptors (Lipinski definition) is 3. The van der Waals surface area contributed by atoms with Crippen LogP contribution in [0.3, 0.4) is 0 Å². The highest BCUT2D eigenvalue weighted by molar-refractivity contribution is 6.08. The van der Waals surface area contributed by atoms with E-state index in [4.69, 9.17) is 5.11 Å². The minimum Gasteiger partial charge on any atom is -0.475 e. The molecule has 0 saturated heterocycles. The number of aromatic carboxylic acids is 1. The Kier molecular flexibility index (Phi) is 4.63. The number of rotatable bonds is 1. The van der Waals surface area contributed by atoms with Gasteiger partial charge in [-0.2, -0.15) is 0 Å². The zero-order valence-electron chi connectivity index (χ0n) is 14.9. The molecule has 2 aliphatic carbocycles. The van der Waals surface area contributed by atoms with E-state index in [1.165, 1.54) is 53.5 Å². The van der Waals surface area contributed by atoms with Gasteiger partial charge in [-0.15, -0.1) is 0 Å². The fourth-order valence-electron chi connectivity index (χ4n) is 3.97. The molecule has 4 nitrogen and oxygen atoms in total. The highest BCUT2D eigenvalue weighted by Crippen LogP contribution is 2.38. The lowest BCUT2D eigenvalue weighted by Gasteiger charge is -2.25. The van der Waals surface area contributed by atoms with Crippen LogP contribution in [0.5, 0.6) is 0 Å². The van der Waals surface area contributed by atoms with Crippen LogP contribution in [0.25, 0.3) is 11.1 Å². The lowest BCUT2D eigenvalue weighted by Crippen LogP contribution is -2.18. The van der Waals surface area contributed by atoms with Crippen LogP contribution in [0.4, 0.5) is 0 Å². The lowest BCUT2D eigenvalue weighted by molar-refractivity contribution is 0.0662. The van der Waals surface area contributed by atoms with Gasteiger partial charge in [0.15, 0.2) is 5.78 Å². The zero-order valence-corrected chi connectivity index (χ0v) is 14.9. The Morgan fingerprint density at radius 3 is 2.44 bits per heavy atom. The molecule has 0 saturated carbocycles. The van der Waals surface area contributed by atoms with Crippen molar-refractivity contribution in [2.75, 3.05) is 0 Å². The van der Waals surface area contributed by atoms with E-state index in [9.17, 15) is 9.59 Å². The second-order valence-electron chi connectivity index (χ2n) is 6.87. The molecule has 0 radical (unpaired) electrons. The van der Waals surface area contributed by atoms with Crippen molar-refractivity contribution in [2.24, 2.45) is 0 Å². The minimum atomic E-state index is -1.03. The van der Waals surface area contributed by atoms with Crippen molar-refractivity contribution in [2.45, 2.75) is 32.1 Å². The number of furan rings is 1. The van der Waals surface area contributed by atoms with Crippen LogP contribution in [-0.4, -0.2) is 16.9 Å². The molecule has 1 heterocycles. The van der Waals surface area contributed by atoms with Crippen molar-refractivity contribution < 1.29 is 19.1 Å². The van der Waals surface area contributed by atoms with Gasteiger partial charge in [-0.25, -0.2) is 4.79 Å². The van der Waals surface area contributed by atoms with E-state index in [1.807, 2.05) is 6.07 Å². The van der Waals surface area contributed by atoms with E-state index in [1.54, 1.807) is 0 Å². The van der Waals surface area contributed by atoms with Gasteiger partial charge in [0.1, 0.15) is 0 Å². The van der Waals surface area contributed by atoms with Crippen molar-refractivity contribution in [1.29, 1.82) is 0 Å². The van der Waals surface area contributed by atoms with Crippen LogP contribution in [0.2, 0.25) is 0 Å². The monoisotopic (exact) mass is 360 g/mol. The molecule has 0 atom stereocenters. The Hall–Kier alpha value is -3.14. The fourth-order valence-corrected chi connectivity index (χ4v) is 3.97. The Morgan fingerprint density at radius 2 is 1.70 bits per heavy atom. The van der Waals surface area contributed by atoms with Crippen LogP contribution < -0.4 is 0 Å². The number of Topliss-reactive ketones (excluding diaryl/α,β-unsaturated/α-hetero) is 1. The van der Waals surface area contributed by atoms with E-state index in [0.717, 1.165) is 24.0 Å². The average Bonchev–Trinajstić information content (AvgIpc) is 3.23. The van der Waals surface area contributed by atoms with E-state index in [0.29, 0.717) is 12.2 Å². The van der Waals surface area contributed by atoms with Crippen LogP contribution in [-0.2, 0) is 19.3 Å². The molecule has 0 amide bonds. The zero-order chi connectivity index (χ0) is 18.8. The van der Waals surface area contributed by atoms with Gasteiger partial charge in [-0.1, -0.05) is 36.4 Å². The molecular formula is C23H20O4. The first-order valence-electron chi connectivity index (χ1n) is 9.18. The summed E-state index contributed by atoms with van der Waals surface area (Å²) in [6, 6.07) is 15.6. The minimum absolute atomic E-state index is 0.0231. The van der Waals surface area contributed by atoms with Crippen LogP contribution in [0.15, 0.2) is 59.2 Å². The predicted octanol–water partition coefficient (Wildman–Crippen LogP) is 4.95. The van der Waals surface area contributed by atoms with Gasteiger partial charge in [0.2, 0.25) is 5.76 Å². The van der Waals surface area contributed by atoms with Crippen LogP contribution in [0.1, 0.15) is 50.4 Å². The van der Waals surface area contributed by atoms with Gasteiger partial charge >= 0.3 is 5.97 Å². The molecule has 2 aliphatic rings. The number of carbonyl (C=O) groups excluding carboxylic acids is 1. The summed E-state index contributed by atoms with van der Waals surface area (Å²) in [5.74, 6) is -0.743. The number of carboxylic acid groups (broad SMARTS) is 1. The number of aryl methyl sites for hydroxylation is 1. The second-order valence-corrected chi connectivity index (χ2v) is 6.87. The lowest BCUT2D eigenvalue weighted by atomic mass is 9.78. The quantitative estimate of drug-likeness (QED) is 0.667. The van der Waals surface area contributed by atoms with Crippen LogP contribution >= 0.6 is 0 Å². The Balaban J connectivity index is 0.000000190. The number of carbonyl (C=O) groups is 2. The van der Waals surface area contributed by atoms with Gasteiger partial charge in [0, 0.05) is 12.0 Å². The molecule has 1 aromatic heterocycles. The van der Waals surface area contributed by atoms with Gasteiger partial charge in [-0.3, -0.25) is 4.79 Å². The third-order valence-electron chi connectivity index (χ3n) is 5.20.